The van der Waals surface area contributed by atoms with Gasteiger partial charge in [-0.15, -0.1) is 0 Å². The predicted molar refractivity (Wildman–Crippen MR) is 76.4 cm³/mol. The number of sulfonamides is 1. The maximum atomic E-state index is 12.5. The maximum Gasteiger partial charge on any atom is 0.249 e. The Morgan fingerprint density at radius 3 is 2.58 bits per heavy atom. The van der Waals surface area contributed by atoms with Crippen LogP contribution in [0.2, 0.25) is 0 Å². The van der Waals surface area contributed by atoms with Crippen LogP contribution in [0.15, 0.2) is 0 Å². The molecule has 2 saturated carbocycles. The van der Waals surface area contributed by atoms with Gasteiger partial charge < -0.3 is 0 Å². The summed E-state index contributed by atoms with van der Waals surface area (Å²) in [5.74, 6) is 0.402. The van der Waals surface area contributed by atoms with E-state index in [1.165, 1.54) is 4.31 Å². The quantitative estimate of drug-likeness (QED) is 0.681. The summed E-state index contributed by atoms with van der Waals surface area (Å²) >= 11 is 3.22. The molecule has 1 heterocycles. The zero-order valence-electron chi connectivity index (χ0n) is 11.5. The second-order valence-corrected chi connectivity index (χ2v) is 10.1. The van der Waals surface area contributed by atoms with Gasteiger partial charge in [0.2, 0.25) is 15.9 Å². The molecule has 108 valence electrons. The van der Waals surface area contributed by atoms with Crippen LogP contribution in [-0.2, 0) is 14.8 Å². The van der Waals surface area contributed by atoms with Gasteiger partial charge in [0.25, 0.3) is 0 Å². The minimum absolute atomic E-state index is 0.0231. The molecular weight excluding hydrogens is 330 g/mol. The van der Waals surface area contributed by atoms with Crippen molar-refractivity contribution in [3.8, 4) is 0 Å². The van der Waals surface area contributed by atoms with Crippen molar-refractivity contribution in [2.75, 3.05) is 5.75 Å². The third-order valence-electron chi connectivity index (χ3n) is 5.97. The minimum atomic E-state index is -3.45. The molecule has 0 aromatic rings. The summed E-state index contributed by atoms with van der Waals surface area (Å²) in [5, 5.41) is 0. The van der Waals surface area contributed by atoms with Crippen molar-refractivity contribution >= 4 is 31.9 Å². The van der Waals surface area contributed by atoms with Crippen LogP contribution in [0.5, 0.6) is 0 Å². The first-order chi connectivity index (χ1) is 8.63. The molecule has 0 aromatic carbocycles. The molecule has 0 N–H and O–H groups in total. The van der Waals surface area contributed by atoms with Crippen LogP contribution < -0.4 is 0 Å². The van der Waals surface area contributed by atoms with Gasteiger partial charge in [-0.2, -0.15) is 0 Å². The minimum Gasteiger partial charge on any atom is -0.273 e. The van der Waals surface area contributed by atoms with Crippen molar-refractivity contribution < 1.29 is 13.2 Å². The smallest absolute Gasteiger partial charge is 0.249 e. The molecule has 2 aliphatic carbocycles. The number of rotatable bonds is 1. The predicted octanol–water partition coefficient (Wildman–Crippen LogP) is 2.14. The van der Waals surface area contributed by atoms with Crippen molar-refractivity contribution in [1.82, 2.24) is 4.31 Å². The SMILES string of the molecule is C[C@@H](Br)C(=O)N1[C@@H]2C[C@H]3CC[C@@]2(CS1(=O)=O)C3(C)C. The zero-order valence-corrected chi connectivity index (χ0v) is 13.9. The van der Waals surface area contributed by atoms with E-state index < -0.39 is 14.9 Å². The van der Waals surface area contributed by atoms with Gasteiger partial charge in [-0.05, 0) is 37.5 Å². The molecule has 0 radical (unpaired) electrons. The lowest BCUT2D eigenvalue weighted by molar-refractivity contribution is -0.128. The van der Waals surface area contributed by atoms with Crippen molar-refractivity contribution in [3.05, 3.63) is 0 Å². The highest BCUT2D eigenvalue weighted by Gasteiger charge is 2.72. The van der Waals surface area contributed by atoms with E-state index in [4.69, 9.17) is 0 Å². The first kappa shape index (κ1) is 13.9. The number of fused-ring (bicyclic) bond motifs is 1. The van der Waals surface area contributed by atoms with Gasteiger partial charge in [-0.1, -0.05) is 29.8 Å². The van der Waals surface area contributed by atoms with E-state index in [-0.39, 0.29) is 28.5 Å². The number of alkyl halides is 1. The molecule has 2 bridgehead atoms. The monoisotopic (exact) mass is 349 g/mol. The second-order valence-electron chi connectivity index (χ2n) is 6.87. The Kier molecular flexibility index (Phi) is 2.74. The molecule has 3 aliphatic rings. The largest absolute Gasteiger partial charge is 0.273 e. The molecule has 3 rings (SSSR count). The molecule has 19 heavy (non-hydrogen) atoms. The maximum absolute atomic E-state index is 12.5. The summed E-state index contributed by atoms with van der Waals surface area (Å²) in [4.78, 5) is 11.8. The highest BCUT2D eigenvalue weighted by atomic mass is 79.9. The van der Waals surface area contributed by atoms with Crippen molar-refractivity contribution in [3.63, 3.8) is 0 Å². The fourth-order valence-electron chi connectivity index (χ4n) is 4.75. The molecule has 1 spiro atoms. The molecular formula is C13H20BrNO3S. The Hall–Kier alpha value is -0.100. The van der Waals surface area contributed by atoms with Gasteiger partial charge in [0, 0.05) is 5.41 Å². The fourth-order valence-corrected chi connectivity index (χ4v) is 7.72. The average molecular weight is 350 g/mol. The van der Waals surface area contributed by atoms with Gasteiger partial charge in [-0.3, -0.25) is 4.79 Å². The molecule has 1 aliphatic heterocycles. The van der Waals surface area contributed by atoms with Crippen LogP contribution in [0.25, 0.3) is 0 Å². The Balaban J connectivity index is 2.09. The molecule has 3 fully saturated rings. The first-order valence-electron chi connectivity index (χ1n) is 6.83. The standard InChI is InChI=1S/C13H20BrNO3S/c1-8(14)11(16)15-10-6-9-4-5-13(10,12(9,2)3)7-19(15,17)18/h8-10H,4-7H2,1-3H3/t8-,9-,10-,13+/m1/s1. The summed E-state index contributed by atoms with van der Waals surface area (Å²) in [6.45, 7) is 6.07. The van der Waals surface area contributed by atoms with Crippen LogP contribution in [0.3, 0.4) is 0 Å². The molecule has 0 unspecified atom stereocenters. The average Bonchev–Trinajstić information content (AvgIpc) is 2.74. The van der Waals surface area contributed by atoms with Gasteiger partial charge in [0.05, 0.1) is 16.6 Å². The number of hydrogen-bond acceptors (Lipinski definition) is 3. The Morgan fingerprint density at radius 2 is 2.05 bits per heavy atom. The van der Waals surface area contributed by atoms with Gasteiger partial charge in [0.1, 0.15) is 0 Å². The van der Waals surface area contributed by atoms with E-state index in [1.54, 1.807) is 6.92 Å². The normalized spacial score (nSPS) is 43.3. The van der Waals surface area contributed by atoms with Gasteiger partial charge in [-0.25, -0.2) is 12.7 Å². The number of carbonyl (C=O) groups excluding carboxylic acids is 1. The van der Waals surface area contributed by atoms with E-state index in [0.29, 0.717) is 5.92 Å². The third kappa shape index (κ3) is 1.50. The molecule has 1 amide bonds. The zero-order chi connectivity index (χ0) is 14.2. The molecule has 0 aromatic heterocycles. The van der Waals surface area contributed by atoms with Crippen LogP contribution in [0, 0.1) is 16.7 Å². The van der Waals surface area contributed by atoms with Gasteiger partial charge >= 0.3 is 0 Å². The fraction of sp³-hybridized carbons (Fsp3) is 0.923. The van der Waals surface area contributed by atoms with E-state index >= 15 is 0 Å². The van der Waals surface area contributed by atoms with Crippen molar-refractivity contribution in [1.29, 1.82) is 0 Å². The topological polar surface area (TPSA) is 54.5 Å². The lowest BCUT2D eigenvalue weighted by Gasteiger charge is -2.37. The number of hydrogen-bond donors (Lipinski definition) is 0. The Labute approximate surface area is 123 Å². The summed E-state index contributed by atoms with van der Waals surface area (Å²) in [7, 11) is -3.45. The molecule has 1 saturated heterocycles. The van der Waals surface area contributed by atoms with Gasteiger partial charge in [0.15, 0.2) is 0 Å². The molecule has 4 atom stereocenters. The van der Waals surface area contributed by atoms with E-state index in [2.05, 4.69) is 29.8 Å². The van der Waals surface area contributed by atoms with Crippen molar-refractivity contribution in [2.45, 2.75) is 50.9 Å². The Bertz CT molecular complexity index is 542. The number of amides is 1. The third-order valence-corrected chi connectivity index (χ3v) is 8.27. The number of nitrogens with zero attached hydrogens (tertiary/aromatic N) is 1. The summed E-state index contributed by atoms with van der Waals surface area (Å²) in [6, 6.07) is -0.112. The number of halogens is 1. The summed E-state index contributed by atoms with van der Waals surface area (Å²) in [5.41, 5.74) is -0.191. The number of carbonyl (C=O) groups is 1. The van der Waals surface area contributed by atoms with E-state index in [9.17, 15) is 13.2 Å². The van der Waals surface area contributed by atoms with E-state index in [0.717, 1.165) is 19.3 Å². The summed E-state index contributed by atoms with van der Waals surface area (Å²) < 4.78 is 26.2. The van der Waals surface area contributed by atoms with Crippen LogP contribution in [0.1, 0.15) is 40.0 Å². The Morgan fingerprint density at radius 1 is 1.42 bits per heavy atom. The highest BCUT2D eigenvalue weighted by Crippen LogP contribution is 2.70. The highest BCUT2D eigenvalue weighted by molar-refractivity contribution is 9.10. The van der Waals surface area contributed by atoms with Crippen LogP contribution in [0.4, 0.5) is 0 Å². The molecule has 6 heteroatoms. The summed E-state index contributed by atoms with van der Waals surface area (Å²) in [6.07, 6.45) is 2.89. The van der Waals surface area contributed by atoms with Crippen LogP contribution in [-0.4, -0.2) is 35.3 Å². The lowest BCUT2D eigenvalue weighted by atomic mass is 9.69. The second kappa shape index (κ2) is 3.75. The lowest BCUT2D eigenvalue weighted by Crippen LogP contribution is -2.46. The van der Waals surface area contributed by atoms with E-state index in [1.807, 2.05) is 0 Å². The first-order valence-corrected chi connectivity index (χ1v) is 9.36. The van der Waals surface area contributed by atoms with Crippen molar-refractivity contribution in [2.24, 2.45) is 16.7 Å². The molecule has 4 nitrogen and oxygen atoms in total. The van der Waals surface area contributed by atoms with Crippen LogP contribution >= 0.6 is 15.9 Å².